The summed E-state index contributed by atoms with van der Waals surface area (Å²) in [5.74, 6) is 0.719. The van der Waals surface area contributed by atoms with Gasteiger partial charge in [-0.1, -0.05) is 18.2 Å². The highest BCUT2D eigenvalue weighted by Gasteiger charge is 2.30. The molecular weight excluding hydrogens is 438 g/mol. The van der Waals surface area contributed by atoms with Crippen molar-refractivity contribution in [1.82, 2.24) is 19.8 Å². The molecule has 188 valence electrons. The SMILES string of the molecule is Cc1c(CCC2CCCN(c3ccccc3)C2)ncnc1C(=O)N1CCC(N2CCOCC2)CC1. The normalized spacial score (nSPS) is 22.4. The average Bonchev–Trinajstić information content (AvgIpc) is 2.93. The summed E-state index contributed by atoms with van der Waals surface area (Å²) >= 11 is 0. The number of benzene rings is 1. The van der Waals surface area contributed by atoms with Gasteiger partial charge in [0.15, 0.2) is 0 Å². The number of hydrogen-bond donors (Lipinski definition) is 0. The van der Waals surface area contributed by atoms with Crippen LogP contribution in [0.1, 0.15) is 53.8 Å². The molecule has 0 N–H and O–H groups in total. The van der Waals surface area contributed by atoms with Crippen molar-refractivity contribution in [2.45, 2.75) is 51.5 Å². The molecule has 0 aliphatic carbocycles. The largest absolute Gasteiger partial charge is 0.379 e. The van der Waals surface area contributed by atoms with Gasteiger partial charge in [0.05, 0.1) is 13.2 Å². The molecular formula is C28H39N5O2. The Labute approximate surface area is 209 Å². The van der Waals surface area contributed by atoms with Crippen LogP contribution < -0.4 is 4.90 Å². The fourth-order valence-corrected chi connectivity index (χ4v) is 6.00. The molecule has 1 aromatic heterocycles. The van der Waals surface area contributed by atoms with Gasteiger partial charge in [-0.05, 0) is 63.5 Å². The van der Waals surface area contributed by atoms with Crippen molar-refractivity contribution in [2.75, 3.05) is 57.4 Å². The number of likely N-dealkylation sites (tertiary alicyclic amines) is 1. The molecule has 0 bridgehead atoms. The van der Waals surface area contributed by atoms with Crippen molar-refractivity contribution in [1.29, 1.82) is 0 Å². The summed E-state index contributed by atoms with van der Waals surface area (Å²) in [6.07, 6.45) is 8.14. The van der Waals surface area contributed by atoms with Crippen molar-refractivity contribution in [3.05, 3.63) is 53.6 Å². The third kappa shape index (κ3) is 5.84. The van der Waals surface area contributed by atoms with Crippen molar-refractivity contribution >= 4 is 11.6 Å². The number of nitrogens with zero attached hydrogens (tertiary/aromatic N) is 5. The molecule has 0 spiro atoms. The number of piperidine rings is 2. The Morgan fingerprint density at radius 3 is 2.54 bits per heavy atom. The van der Waals surface area contributed by atoms with Gasteiger partial charge in [-0.25, -0.2) is 9.97 Å². The first-order valence-electron chi connectivity index (χ1n) is 13.4. The van der Waals surface area contributed by atoms with Crippen LogP contribution in [-0.2, 0) is 11.2 Å². The highest BCUT2D eigenvalue weighted by atomic mass is 16.5. The predicted molar refractivity (Wildman–Crippen MR) is 138 cm³/mol. The highest BCUT2D eigenvalue weighted by Crippen LogP contribution is 2.27. The summed E-state index contributed by atoms with van der Waals surface area (Å²) in [4.78, 5) is 29.4. The molecule has 5 rings (SSSR count). The first-order valence-corrected chi connectivity index (χ1v) is 13.4. The van der Waals surface area contributed by atoms with E-state index in [1.807, 2.05) is 11.8 Å². The molecule has 3 aliphatic rings. The molecule has 1 unspecified atom stereocenters. The van der Waals surface area contributed by atoms with Crippen molar-refractivity contribution in [2.24, 2.45) is 5.92 Å². The first-order chi connectivity index (χ1) is 17.2. The molecule has 3 aliphatic heterocycles. The van der Waals surface area contributed by atoms with Gasteiger partial charge >= 0.3 is 0 Å². The molecule has 0 saturated carbocycles. The van der Waals surface area contributed by atoms with E-state index in [1.165, 1.54) is 18.5 Å². The van der Waals surface area contributed by atoms with Gasteiger partial charge in [-0.2, -0.15) is 0 Å². The minimum atomic E-state index is 0.0690. The second kappa shape index (κ2) is 11.5. The minimum absolute atomic E-state index is 0.0690. The molecule has 7 nitrogen and oxygen atoms in total. The Bertz CT molecular complexity index is 971. The second-order valence-corrected chi connectivity index (χ2v) is 10.3. The van der Waals surface area contributed by atoms with E-state index in [2.05, 4.69) is 50.1 Å². The van der Waals surface area contributed by atoms with Gasteiger partial charge in [0.2, 0.25) is 0 Å². The molecule has 7 heteroatoms. The third-order valence-corrected chi connectivity index (χ3v) is 8.13. The number of hydrogen-bond acceptors (Lipinski definition) is 6. The van der Waals surface area contributed by atoms with Crippen LogP contribution >= 0.6 is 0 Å². The van der Waals surface area contributed by atoms with Gasteiger partial charge in [0, 0.05) is 62.3 Å². The van der Waals surface area contributed by atoms with Crippen LogP contribution in [0.2, 0.25) is 0 Å². The summed E-state index contributed by atoms with van der Waals surface area (Å²) < 4.78 is 5.49. The lowest BCUT2D eigenvalue weighted by Crippen LogP contribution is -2.50. The lowest BCUT2D eigenvalue weighted by Gasteiger charge is -2.40. The molecule has 0 radical (unpaired) electrons. The van der Waals surface area contributed by atoms with E-state index in [0.717, 1.165) is 89.4 Å². The van der Waals surface area contributed by atoms with E-state index in [-0.39, 0.29) is 5.91 Å². The highest BCUT2D eigenvalue weighted by molar-refractivity contribution is 5.93. The lowest BCUT2D eigenvalue weighted by molar-refractivity contribution is 0.00151. The average molecular weight is 478 g/mol. The number of rotatable bonds is 6. The Hall–Kier alpha value is -2.51. The standard InChI is InChI=1S/C28H39N5O2/c1-22-26(10-9-23-6-5-13-33(20-23)24-7-3-2-4-8-24)29-21-30-27(22)28(34)32-14-11-25(12-15-32)31-16-18-35-19-17-31/h2-4,7-8,21,23,25H,5-6,9-20H2,1H3. The van der Waals surface area contributed by atoms with Crippen LogP contribution in [0.5, 0.6) is 0 Å². The summed E-state index contributed by atoms with van der Waals surface area (Å²) in [7, 11) is 0. The summed E-state index contributed by atoms with van der Waals surface area (Å²) in [6, 6.07) is 11.3. The van der Waals surface area contributed by atoms with E-state index < -0.39 is 0 Å². The summed E-state index contributed by atoms with van der Waals surface area (Å²) in [6.45, 7) is 9.54. The van der Waals surface area contributed by atoms with Crippen LogP contribution in [0.15, 0.2) is 36.7 Å². The van der Waals surface area contributed by atoms with E-state index in [4.69, 9.17) is 4.74 Å². The molecule has 1 atom stereocenters. The maximum Gasteiger partial charge on any atom is 0.272 e. The van der Waals surface area contributed by atoms with Crippen LogP contribution in [0.25, 0.3) is 0 Å². The first kappa shape index (κ1) is 24.2. The van der Waals surface area contributed by atoms with Gasteiger partial charge in [-0.15, -0.1) is 0 Å². The van der Waals surface area contributed by atoms with Crippen molar-refractivity contribution in [3.8, 4) is 0 Å². The van der Waals surface area contributed by atoms with E-state index in [1.54, 1.807) is 6.33 Å². The Kier molecular flexibility index (Phi) is 7.94. The predicted octanol–water partition coefficient (Wildman–Crippen LogP) is 3.57. The number of ether oxygens (including phenoxy) is 1. The maximum atomic E-state index is 13.4. The molecule has 4 heterocycles. The van der Waals surface area contributed by atoms with Crippen molar-refractivity contribution < 1.29 is 9.53 Å². The number of carbonyl (C=O) groups is 1. The molecule has 1 amide bonds. The number of anilines is 1. The zero-order chi connectivity index (χ0) is 24.0. The molecule has 3 saturated heterocycles. The monoisotopic (exact) mass is 477 g/mol. The number of aromatic nitrogens is 2. The zero-order valence-electron chi connectivity index (χ0n) is 21.1. The van der Waals surface area contributed by atoms with Gasteiger partial charge in [0.25, 0.3) is 5.91 Å². The van der Waals surface area contributed by atoms with Crippen LogP contribution in [0, 0.1) is 12.8 Å². The fraction of sp³-hybridized carbons (Fsp3) is 0.607. The molecule has 3 fully saturated rings. The van der Waals surface area contributed by atoms with Gasteiger partial charge < -0.3 is 14.5 Å². The smallest absolute Gasteiger partial charge is 0.272 e. The molecule has 2 aromatic rings. The summed E-state index contributed by atoms with van der Waals surface area (Å²) in [5, 5.41) is 0. The maximum absolute atomic E-state index is 13.4. The number of amides is 1. The number of aryl methyl sites for hydroxylation is 1. The van der Waals surface area contributed by atoms with Crippen LogP contribution in [0.4, 0.5) is 5.69 Å². The van der Waals surface area contributed by atoms with Gasteiger partial charge in [0.1, 0.15) is 12.0 Å². The van der Waals surface area contributed by atoms with E-state index >= 15 is 0 Å². The van der Waals surface area contributed by atoms with Crippen molar-refractivity contribution in [3.63, 3.8) is 0 Å². The number of para-hydroxylation sites is 1. The van der Waals surface area contributed by atoms with Crippen LogP contribution in [-0.4, -0.2) is 84.2 Å². The Morgan fingerprint density at radius 1 is 1.00 bits per heavy atom. The van der Waals surface area contributed by atoms with E-state index in [9.17, 15) is 4.79 Å². The van der Waals surface area contributed by atoms with E-state index in [0.29, 0.717) is 17.7 Å². The van der Waals surface area contributed by atoms with Crippen LogP contribution in [0.3, 0.4) is 0 Å². The second-order valence-electron chi connectivity index (χ2n) is 10.3. The summed E-state index contributed by atoms with van der Waals surface area (Å²) in [5.41, 5.74) is 3.90. The Balaban J connectivity index is 1.16. The number of carbonyl (C=O) groups excluding carboxylic acids is 1. The minimum Gasteiger partial charge on any atom is -0.379 e. The lowest BCUT2D eigenvalue weighted by atomic mass is 9.91. The quantitative estimate of drug-likeness (QED) is 0.634. The topological polar surface area (TPSA) is 61.8 Å². The third-order valence-electron chi connectivity index (χ3n) is 8.13. The Morgan fingerprint density at radius 2 is 1.77 bits per heavy atom. The molecule has 1 aromatic carbocycles. The number of morpholine rings is 1. The molecule has 35 heavy (non-hydrogen) atoms. The zero-order valence-corrected chi connectivity index (χ0v) is 21.1. The fourth-order valence-electron chi connectivity index (χ4n) is 6.00. The van der Waals surface area contributed by atoms with Gasteiger partial charge in [-0.3, -0.25) is 9.69 Å².